The van der Waals surface area contributed by atoms with E-state index in [-0.39, 0.29) is 6.10 Å². The second-order valence-corrected chi connectivity index (χ2v) is 12.4. The van der Waals surface area contributed by atoms with E-state index >= 15 is 0 Å². The predicted molar refractivity (Wildman–Crippen MR) is 174 cm³/mol. The summed E-state index contributed by atoms with van der Waals surface area (Å²) in [5.74, 6) is 1.27. The summed E-state index contributed by atoms with van der Waals surface area (Å²) in [5.41, 5.74) is 7.44. The second-order valence-electron chi connectivity index (χ2n) is 12.4. The Labute approximate surface area is 245 Å². The molecule has 2 unspecified atom stereocenters. The van der Waals surface area contributed by atoms with Crippen LogP contribution in [0.5, 0.6) is 0 Å². The van der Waals surface area contributed by atoms with Crippen molar-refractivity contribution in [2.24, 2.45) is 23.0 Å². The third-order valence-corrected chi connectivity index (χ3v) is 7.58. The molecule has 3 fully saturated rings. The van der Waals surface area contributed by atoms with Gasteiger partial charge in [0.15, 0.2) is 0 Å². The molecule has 5 nitrogen and oxygen atoms in total. The fourth-order valence-corrected chi connectivity index (χ4v) is 5.60. The summed E-state index contributed by atoms with van der Waals surface area (Å²) < 4.78 is 5.99. The molecule has 0 aromatic carbocycles. The van der Waals surface area contributed by atoms with E-state index in [1.807, 2.05) is 34.4 Å². The number of hydrogen-bond acceptors (Lipinski definition) is 5. The Kier molecular flexibility index (Phi) is 21.2. The number of aliphatic hydroxyl groups excluding tert-OH is 1. The molecule has 39 heavy (non-hydrogen) atoms. The molecule has 3 aliphatic rings. The molecule has 0 spiro atoms. The molecular formula is C33H66NO4P. The van der Waals surface area contributed by atoms with E-state index < -0.39 is 11.2 Å². The lowest BCUT2D eigenvalue weighted by Crippen LogP contribution is -2.35. The van der Waals surface area contributed by atoms with Crippen LogP contribution in [0.2, 0.25) is 0 Å². The van der Waals surface area contributed by atoms with Crippen LogP contribution in [0.1, 0.15) is 113 Å². The highest BCUT2D eigenvalue weighted by molar-refractivity contribution is 7.15. The fourth-order valence-electron chi connectivity index (χ4n) is 5.60. The van der Waals surface area contributed by atoms with Crippen LogP contribution >= 0.6 is 9.24 Å². The summed E-state index contributed by atoms with van der Waals surface area (Å²) >= 11 is 0. The average Bonchev–Trinajstić information content (AvgIpc) is 3.21. The summed E-state index contributed by atoms with van der Waals surface area (Å²) in [5, 5.41) is 28.5. The van der Waals surface area contributed by atoms with E-state index in [0.29, 0.717) is 30.3 Å². The number of fused-ring (bicyclic) bond motifs is 1. The number of aliphatic hydroxyl groups is 3. The van der Waals surface area contributed by atoms with Gasteiger partial charge in [-0.15, -0.1) is 9.24 Å². The van der Waals surface area contributed by atoms with Gasteiger partial charge >= 0.3 is 0 Å². The largest absolute Gasteiger partial charge is 0.391 e. The number of nitrogens with two attached hydrogens (primary N) is 1. The van der Waals surface area contributed by atoms with Crippen LogP contribution in [0.25, 0.3) is 0 Å². The van der Waals surface area contributed by atoms with Gasteiger partial charge in [0.05, 0.1) is 17.3 Å². The molecule has 232 valence electrons. The molecule has 5 N–H and O–H groups in total. The SMILES string of the molecule is C=C1/C(=C\C=C2/CCC[C@@]3(C)C2CC[C@@H]3COCCC(C)(C)O)CCC[C@@H]1O.CC.CC(C)(C)O.CN.CP. The molecule has 0 heterocycles. The van der Waals surface area contributed by atoms with Gasteiger partial charge in [0.2, 0.25) is 0 Å². The van der Waals surface area contributed by atoms with Crippen molar-refractivity contribution in [3.8, 4) is 0 Å². The maximum absolute atomic E-state index is 10.1. The fraction of sp³-hybridized carbons (Fsp3) is 0.818. The Bertz CT molecular complexity index is 714. The first-order valence-corrected chi connectivity index (χ1v) is 16.3. The second kappa shape index (κ2) is 20.3. The van der Waals surface area contributed by atoms with Gasteiger partial charge in [0, 0.05) is 13.2 Å². The van der Waals surface area contributed by atoms with E-state index in [1.165, 1.54) is 44.7 Å². The van der Waals surface area contributed by atoms with Crippen molar-refractivity contribution >= 4 is 9.24 Å². The van der Waals surface area contributed by atoms with Crippen LogP contribution in [0.15, 0.2) is 35.5 Å². The van der Waals surface area contributed by atoms with Crippen molar-refractivity contribution in [3.63, 3.8) is 0 Å². The van der Waals surface area contributed by atoms with Crippen LogP contribution in [0.4, 0.5) is 0 Å². The Morgan fingerprint density at radius 2 is 1.56 bits per heavy atom. The third-order valence-electron chi connectivity index (χ3n) is 7.58. The quantitative estimate of drug-likeness (QED) is 0.200. The van der Waals surface area contributed by atoms with E-state index in [9.17, 15) is 10.2 Å². The van der Waals surface area contributed by atoms with Crippen molar-refractivity contribution < 1.29 is 20.1 Å². The first-order chi connectivity index (χ1) is 18.2. The average molecular weight is 572 g/mol. The summed E-state index contributed by atoms with van der Waals surface area (Å²) in [7, 11) is 3.92. The van der Waals surface area contributed by atoms with Crippen LogP contribution in [0.3, 0.4) is 0 Å². The van der Waals surface area contributed by atoms with Gasteiger partial charge in [-0.3, -0.25) is 0 Å². The zero-order chi connectivity index (χ0) is 30.9. The topological polar surface area (TPSA) is 95.9 Å². The lowest BCUT2D eigenvalue weighted by atomic mass is 9.63. The number of allylic oxidation sites excluding steroid dienone is 3. The van der Waals surface area contributed by atoms with Gasteiger partial charge in [-0.1, -0.05) is 51.7 Å². The van der Waals surface area contributed by atoms with Gasteiger partial charge in [-0.25, -0.2) is 0 Å². The Balaban J connectivity index is 0. The lowest BCUT2D eigenvalue weighted by Gasteiger charge is -2.42. The zero-order valence-corrected chi connectivity index (χ0v) is 28.4. The van der Waals surface area contributed by atoms with Gasteiger partial charge in [0.1, 0.15) is 0 Å². The maximum atomic E-state index is 10.1. The van der Waals surface area contributed by atoms with Gasteiger partial charge in [-0.05, 0) is 128 Å². The van der Waals surface area contributed by atoms with Crippen molar-refractivity contribution in [3.05, 3.63) is 35.5 Å². The van der Waals surface area contributed by atoms with Gasteiger partial charge in [-0.2, -0.15) is 0 Å². The molecule has 0 radical (unpaired) electrons. The molecular weight excluding hydrogens is 505 g/mol. The molecule has 0 bridgehead atoms. The number of rotatable bonds is 6. The molecule has 6 heteroatoms. The smallest absolute Gasteiger partial charge is 0.0787 e. The number of hydrogen-bond donors (Lipinski definition) is 4. The maximum Gasteiger partial charge on any atom is 0.0787 e. The van der Waals surface area contributed by atoms with E-state index in [0.717, 1.165) is 31.4 Å². The minimum Gasteiger partial charge on any atom is -0.391 e. The summed E-state index contributed by atoms with van der Waals surface area (Å²) in [6, 6.07) is 0. The normalized spacial score (nSPS) is 28.5. The molecule has 3 aliphatic carbocycles. The standard InChI is InChI=1S/C25H40O3.C4H10O.C2H6.CH5N.CH5P/c1-18-19(7-5-9-23(18)26)10-11-20-8-6-14-25(4)21(12-13-22(20)25)17-28-16-15-24(2,3)27;1-4(2,3)5;3*1-2/h10-11,21-23,26-27H,1,5-9,12-17H2,2-4H3;5H,1-3H3;1-2H3;2*2H2,1H3/b19-10-,20-11+;;;;/t21-,22?,23+,25-;;;;/m1..../s1. The Morgan fingerprint density at radius 3 is 2.10 bits per heavy atom. The molecule has 0 aromatic heterocycles. The Hall–Kier alpha value is -0.550. The van der Waals surface area contributed by atoms with Crippen LogP contribution in [0, 0.1) is 17.3 Å². The van der Waals surface area contributed by atoms with Crippen molar-refractivity contribution in [1.29, 1.82) is 0 Å². The summed E-state index contributed by atoms with van der Waals surface area (Å²) in [4.78, 5) is 0. The van der Waals surface area contributed by atoms with Gasteiger partial charge in [0.25, 0.3) is 0 Å². The third kappa shape index (κ3) is 15.9. The summed E-state index contributed by atoms with van der Waals surface area (Å²) in [6.45, 7) is 22.9. The van der Waals surface area contributed by atoms with Crippen LogP contribution in [-0.4, -0.2) is 59.6 Å². The molecule has 0 saturated heterocycles. The highest BCUT2D eigenvalue weighted by atomic mass is 31.0. The predicted octanol–water partition coefficient (Wildman–Crippen LogP) is 7.20. The minimum absolute atomic E-state index is 0.334. The first kappa shape index (κ1) is 40.6. The molecule has 3 rings (SSSR count). The van der Waals surface area contributed by atoms with E-state index in [2.05, 4.69) is 40.6 Å². The molecule has 0 aliphatic heterocycles. The molecule has 3 saturated carbocycles. The van der Waals surface area contributed by atoms with Crippen molar-refractivity contribution in [2.75, 3.05) is 26.9 Å². The highest BCUT2D eigenvalue weighted by Gasteiger charge is 2.49. The van der Waals surface area contributed by atoms with Crippen LogP contribution < -0.4 is 5.73 Å². The van der Waals surface area contributed by atoms with Crippen molar-refractivity contribution in [1.82, 2.24) is 0 Å². The molecule has 0 amide bonds. The van der Waals surface area contributed by atoms with Crippen LogP contribution in [-0.2, 0) is 4.74 Å². The zero-order valence-electron chi connectivity index (χ0n) is 27.3. The number of ether oxygens (including phenoxy) is 1. The minimum atomic E-state index is -0.646. The first-order valence-electron chi connectivity index (χ1n) is 15.2. The van der Waals surface area contributed by atoms with Crippen molar-refractivity contribution in [2.45, 2.75) is 130 Å². The lowest BCUT2D eigenvalue weighted by molar-refractivity contribution is -0.000950. The monoisotopic (exact) mass is 571 g/mol. The van der Waals surface area contributed by atoms with Gasteiger partial charge < -0.3 is 25.8 Å². The summed E-state index contributed by atoms with van der Waals surface area (Å²) in [6.07, 6.45) is 14.1. The molecule has 0 aromatic rings. The van der Waals surface area contributed by atoms with E-state index in [1.54, 1.807) is 26.3 Å². The van der Waals surface area contributed by atoms with E-state index in [4.69, 9.17) is 9.84 Å². The Morgan fingerprint density at radius 1 is 1.00 bits per heavy atom. The molecule has 5 atom stereocenters. The highest BCUT2D eigenvalue weighted by Crippen LogP contribution is 2.57.